The van der Waals surface area contributed by atoms with Gasteiger partial charge in [0.15, 0.2) is 5.82 Å². The second kappa shape index (κ2) is 7.67. The summed E-state index contributed by atoms with van der Waals surface area (Å²) in [6.07, 6.45) is 1.78. The molecule has 0 aliphatic heterocycles. The highest BCUT2D eigenvalue weighted by Crippen LogP contribution is 2.24. The zero-order valence-corrected chi connectivity index (χ0v) is 13.1. The molecule has 0 bridgehead atoms. The number of carbonyl (C=O) groups excluding carboxylic acids is 1. The Kier molecular flexibility index (Phi) is 5.62. The molecule has 122 valence electrons. The monoisotopic (exact) mass is 319 g/mol. The first-order valence-electron chi connectivity index (χ1n) is 7.38. The van der Waals surface area contributed by atoms with E-state index < -0.39 is 5.82 Å². The lowest BCUT2D eigenvalue weighted by molar-refractivity contribution is -0.118. The second-order valence-corrected chi connectivity index (χ2v) is 5.28. The van der Waals surface area contributed by atoms with Crippen LogP contribution in [0, 0.1) is 18.6 Å². The summed E-state index contributed by atoms with van der Waals surface area (Å²) in [4.78, 5) is 14.8. The Labute approximate surface area is 133 Å². The predicted molar refractivity (Wildman–Crippen MR) is 86.1 cm³/mol. The Morgan fingerprint density at radius 2 is 1.96 bits per heavy atom. The lowest BCUT2D eigenvalue weighted by Crippen LogP contribution is -2.22. The van der Waals surface area contributed by atoms with Gasteiger partial charge in [-0.2, -0.15) is 0 Å². The zero-order chi connectivity index (χ0) is 16.8. The fourth-order valence-electron chi connectivity index (χ4n) is 2.06. The normalized spacial score (nSPS) is 10.4. The van der Waals surface area contributed by atoms with Gasteiger partial charge >= 0.3 is 0 Å². The lowest BCUT2D eigenvalue weighted by atomic mass is 10.1. The summed E-state index contributed by atoms with van der Waals surface area (Å²) in [5, 5.41) is 5.63. The third kappa shape index (κ3) is 4.74. The van der Waals surface area contributed by atoms with E-state index in [4.69, 9.17) is 0 Å². The number of rotatable bonds is 6. The van der Waals surface area contributed by atoms with Gasteiger partial charge in [-0.05, 0) is 31.0 Å². The third-order valence-electron chi connectivity index (χ3n) is 3.37. The van der Waals surface area contributed by atoms with E-state index in [1.807, 2.05) is 0 Å². The number of nitrogens with zero attached hydrogens (tertiary/aromatic N) is 1. The van der Waals surface area contributed by atoms with E-state index in [0.717, 1.165) is 6.20 Å². The largest absolute Gasteiger partial charge is 0.383 e. The van der Waals surface area contributed by atoms with Gasteiger partial charge in [0.25, 0.3) is 0 Å². The van der Waals surface area contributed by atoms with Gasteiger partial charge in [-0.3, -0.25) is 9.78 Å². The molecule has 0 aliphatic carbocycles. The third-order valence-corrected chi connectivity index (χ3v) is 3.37. The quantitative estimate of drug-likeness (QED) is 0.804. The standard InChI is InChI=1S/C17H19F2N3O/c1-11-4-5-13(8-14(11)18)16-9-17(15(19)10-22-16)21-7-3-6-20-12(2)23/h4-5,8-10H,3,6-7H2,1-2H3,(H,20,23)(H,21,22). The van der Waals surface area contributed by atoms with Crippen LogP contribution in [0.15, 0.2) is 30.5 Å². The van der Waals surface area contributed by atoms with Crippen LogP contribution in [0.25, 0.3) is 11.3 Å². The van der Waals surface area contributed by atoms with Crippen LogP contribution >= 0.6 is 0 Å². The molecule has 0 atom stereocenters. The van der Waals surface area contributed by atoms with Crippen LogP contribution in [-0.4, -0.2) is 24.0 Å². The Morgan fingerprint density at radius 3 is 2.65 bits per heavy atom. The molecule has 2 N–H and O–H groups in total. The maximum atomic E-state index is 13.8. The minimum atomic E-state index is -0.471. The molecule has 1 aromatic heterocycles. The molecular weight excluding hydrogens is 300 g/mol. The van der Waals surface area contributed by atoms with Crippen molar-refractivity contribution < 1.29 is 13.6 Å². The molecule has 0 aliphatic rings. The Morgan fingerprint density at radius 1 is 1.17 bits per heavy atom. The molecule has 0 unspecified atom stereocenters. The molecule has 2 aromatic rings. The van der Waals surface area contributed by atoms with E-state index in [-0.39, 0.29) is 11.7 Å². The number of hydrogen-bond acceptors (Lipinski definition) is 3. The number of carbonyl (C=O) groups is 1. The minimum absolute atomic E-state index is 0.0937. The fourth-order valence-corrected chi connectivity index (χ4v) is 2.06. The molecular formula is C17H19F2N3O. The predicted octanol–water partition coefficient (Wildman–Crippen LogP) is 3.27. The van der Waals surface area contributed by atoms with Crippen LogP contribution in [0.5, 0.6) is 0 Å². The summed E-state index contributed by atoms with van der Waals surface area (Å²) in [5.74, 6) is -0.886. The number of nitrogens with one attached hydrogen (secondary N) is 2. The second-order valence-electron chi connectivity index (χ2n) is 5.28. The van der Waals surface area contributed by atoms with Crippen LogP contribution in [0.2, 0.25) is 0 Å². The van der Waals surface area contributed by atoms with Crippen LogP contribution in [0.3, 0.4) is 0 Å². The summed E-state index contributed by atoms with van der Waals surface area (Å²) < 4.78 is 27.4. The number of pyridine rings is 1. The Hall–Kier alpha value is -2.50. The molecule has 1 heterocycles. The van der Waals surface area contributed by atoms with Crippen molar-refractivity contribution in [3.8, 4) is 11.3 Å². The number of aryl methyl sites for hydroxylation is 1. The fraction of sp³-hybridized carbons (Fsp3) is 0.294. The maximum absolute atomic E-state index is 13.8. The van der Waals surface area contributed by atoms with Gasteiger partial charge in [0.05, 0.1) is 17.6 Å². The van der Waals surface area contributed by atoms with Gasteiger partial charge in [-0.15, -0.1) is 0 Å². The van der Waals surface area contributed by atoms with Gasteiger partial charge in [0.2, 0.25) is 5.91 Å². The van der Waals surface area contributed by atoms with Gasteiger partial charge in [-0.1, -0.05) is 12.1 Å². The zero-order valence-electron chi connectivity index (χ0n) is 13.1. The highest BCUT2D eigenvalue weighted by Gasteiger charge is 2.08. The molecule has 0 spiro atoms. The molecule has 1 aromatic carbocycles. The summed E-state index contributed by atoms with van der Waals surface area (Å²) in [6.45, 7) is 4.15. The van der Waals surface area contributed by atoms with Crippen molar-refractivity contribution in [1.29, 1.82) is 0 Å². The van der Waals surface area contributed by atoms with Crippen LogP contribution < -0.4 is 10.6 Å². The first kappa shape index (κ1) is 16.9. The molecule has 2 rings (SSSR count). The number of hydrogen-bond donors (Lipinski definition) is 2. The van der Waals surface area contributed by atoms with E-state index in [2.05, 4.69) is 15.6 Å². The molecule has 6 heteroatoms. The Balaban J connectivity index is 2.06. The van der Waals surface area contributed by atoms with Crippen LogP contribution in [0.4, 0.5) is 14.5 Å². The smallest absolute Gasteiger partial charge is 0.216 e. The molecule has 0 fully saturated rings. The van der Waals surface area contributed by atoms with Crippen LogP contribution in [-0.2, 0) is 4.79 Å². The topological polar surface area (TPSA) is 54.0 Å². The van der Waals surface area contributed by atoms with E-state index in [1.54, 1.807) is 25.1 Å². The number of amides is 1. The van der Waals surface area contributed by atoms with E-state index in [0.29, 0.717) is 42.0 Å². The number of halogens is 2. The van der Waals surface area contributed by atoms with E-state index >= 15 is 0 Å². The van der Waals surface area contributed by atoms with Crippen molar-refractivity contribution in [1.82, 2.24) is 10.3 Å². The molecule has 0 saturated heterocycles. The summed E-state index contributed by atoms with van der Waals surface area (Å²) >= 11 is 0. The van der Waals surface area contributed by atoms with Gasteiger partial charge in [-0.25, -0.2) is 8.78 Å². The molecule has 0 saturated carbocycles. The summed E-state index contributed by atoms with van der Waals surface area (Å²) in [6, 6.07) is 6.35. The van der Waals surface area contributed by atoms with Crippen molar-refractivity contribution in [2.45, 2.75) is 20.3 Å². The summed E-state index contributed by atoms with van der Waals surface area (Å²) in [7, 11) is 0. The highest BCUT2D eigenvalue weighted by molar-refractivity contribution is 5.72. The first-order valence-corrected chi connectivity index (χ1v) is 7.38. The van der Waals surface area contributed by atoms with Gasteiger partial charge in [0, 0.05) is 25.6 Å². The molecule has 23 heavy (non-hydrogen) atoms. The van der Waals surface area contributed by atoms with Crippen molar-refractivity contribution in [2.24, 2.45) is 0 Å². The van der Waals surface area contributed by atoms with Crippen molar-refractivity contribution >= 4 is 11.6 Å². The number of aromatic nitrogens is 1. The first-order chi connectivity index (χ1) is 11.0. The maximum Gasteiger partial charge on any atom is 0.216 e. The number of benzene rings is 1. The minimum Gasteiger partial charge on any atom is -0.383 e. The van der Waals surface area contributed by atoms with Crippen LogP contribution in [0.1, 0.15) is 18.9 Å². The van der Waals surface area contributed by atoms with Crippen molar-refractivity contribution in [3.05, 3.63) is 47.7 Å². The van der Waals surface area contributed by atoms with Crippen molar-refractivity contribution in [3.63, 3.8) is 0 Å². The number of anilines is 1. The lowest BCUT2D eigenvalue weighted by Gasteiger charge is -2.10. The average Bonchev–Trinajstić information content (AvgIpc) is 2.51. The summed E-state index contributed by atoms with van der Waals surface area (Å²) in [5.41, 5.74) is 1.94. The van der Waals surface area contributed by atoms with E-state index in [9.17, 15) is 13.6 Å². The highest BCUT2D eigenvalue weighted by atomic mass is 19.1. The average molecular weight is 319 g/mol. The molecule has 1 amide bonds. The van der Waals surface area contributed by atoms with Crippen molar-refractivity contribution in [2.75, 3.05) is 18.4 Å². The van der Waals surface area contributed by atoms with Gasteiger partial charge in [0.1, 0.15) is 5.82 Å². The Bertz CT molecular complexity index is 704. The van der Waals surface area contributed by atoms with E-state index in [1.165, 1.54) is 13.0 Å². The SMILES string of the molecule is CC(=O)NCCCNc1cc(-c2ccc(C)c(F)c2)ncc1F. The van der Waals surface area contributed by atoms with Gasteiger partial charge < -0.3 is 10.6 Å². The molecule has 4 nitrogen and oxygen atoms in total. The molecule has 0 radical (unpaired) electrons.